The fourth-order valence-corrected chi connectivity index (χ4v) is 2.18. The first-order valence-corrected chi connectivity index (χ1v) is 6.28. The van der Waals surface area contributed by atoms with Gasteiger partial charge in [-0.15, -0.1) is 0 Å². The molecule has 20 heavy (non-hydrogen) atoms. The molecule has 0 bridgehead atoms. The molecule has 104 valence electrons. The fraction of sp³-hybridized carbons (Fsp3) is 0.286. The molecule has 0 aliphatic heterocycles. The van der Waals surface area contributed by atoms with Crippen LogP contribution in [-0.2, 0) is 11.5 Å². The summed E-state index contributed by atoms with van der Waals surface area (Å²) in [6.45, 7) is -0.387. The van der Waals surface area contributed by atoms with E-state index < -0.39 is 5.82 Å². The Labute approximate surface area is 113 Å². The molecule has 0 atom stereocenters. The lowest BCUT2D eigenvalue weighted by Crippen LogP contribution is -2.02. The van der Waals surface area contributed by atoms with E-state index in [9.17, 15) is 13.7 Å². The largest absolute Gasteiger partial charge is 0.306 e. The van der Waals surface area contributed by atoms with Gasteiger partial charge in [0.05, 0.1) is 23.3 Å². The number of halogens is 2. The van der Waals surface area contributed by atoms with Crippen molar-refractivity contribution >= 4 is 6.29 Å². The second-order valence-electron chi connectivity index (χ2n) is 4.85. The molecule has 1 heterocycles. The summed E-state index contributed by atoms with van der Waals surface area (Å²) in [6, 6.07) is 2.48. The normalized spacial score (nSPS) is 14.5. The lowest BCUT2D eigenvalue weighted by molar-refractivity contribution is -0.144. The second kappa shape index (κ2) is 5.13. The van der Waals surface area contributed by atoms with Crippen molar-refractivity contribution in [2.75, 3.05) is 0 Å². The molecule has 1 fully saturated rings. The van der Waals surface area contributed by atoms with Crippen molar-refractivity contribution in [2.24, 2.45) is 0 Å². The number of nitrogens with zero attached hydrogens (tertiary/aromatic N) is 2. The van der Waals surface area contributed by atoms with E-state index in [-0.39, 0.29) is 12.2 Å². The Morgan fingerprint density at radius 3 is 2.90 bits per heavy atom. The van der Waals surface area contributed by atoms with Gasteiger partial charge in [0.1, 0.15) is 12.4 Å². The molecule has 0 saturated heterocycles. The van der Waals surface area contributed by atoms with Crippen LogP contribution in [0.4, 0.5) is 8.92 Å². The monoisotopic (exact) mass is 278 g/mol. The minimum Gasteiger partial charge on any atom is -0.306 e. The SMILES string of the molecule is O=Cc1cc(-n2cnc(C3CC3)c2)c(COF)cc1F. The number of rotatable bonds is 5. The number of carbonyl (C=O) groups excluding carboxylic acids is 1. The maximum Gasteiger partial charge on any atom is 0.153 e. The molecule has 4 nitrogen and oxygen atoms in total. The molecule has 1 aromatic carbocycles. The smallest absolute Gasteiger partial charge is 0.153 e. The molecule has 1 aliphatic rings. The molecule has 0 radical (unpaired) electrons. The van der Waals surface area contributed by atoms with E-state index in [1.54, 1.807) is 10.9 Å². The Hall–Kier alpha value is -2.08. The standard InChI is InChI=1S/C14H12F2N2O2/c15-12-3-11(7-20-16)14(4-10(12)6-19)18-5-13(17-8-18)9-1-2-9/h3-6,8-9H,1-2,7H2. The zero-order valence-corrected chi connectivity index (χ0v) is 10.6. The van der Waals surface area contributed by atoms with Crippen molar-refractivity contribution in [3.05, 3.63) is 47.3 Å². The summed E-state index contributed by atoms with van der Waals surface area (Å²) in [6.07, 6.45) is 6.05. The molecule has 1 aliphatic carbocycles. The van der Waals surface area contributed by atoms with E-state index in [1.807, 2.05) is 6.20 Å². The van der Waals surface area contributed by atoms with Gasteiger partial charge >= 0.3 is 0 Å². The Balaban J connectivity index is 2.06. The number of aromatic nitrogens is 2. The first-order chi connectivity index (χ1) is 9.72. The number of hydrogen-bond acceptors (Lipinski definition) is 3. The number of carbonyl (C=O) groups is 1. The summed E-state index contributed by atoms with van der Waals surface area (Å²) in [5, 5.41) is 0. The van der Waals surface area contributed by atoms with Gasteiger partial charge in [-0.1, -0.05) is 0 Å². The van der Waals surface area contributed by atoms with Gasteiger partial charge in [0, 0.05) is 17.7 Å². The summed E-state index contributed by atoms with van der Waals surface area (Å²) < 4.78 is 27.4. The van der Waals surface area contributed by atoms with Crippen LogP contribution in [0.15, 0.2) is 24.7 Å². The van der Waals surface area contributed by atoms with E-state index in [2.05, 4.69) is 9.93 Å². The van der Waals surface area contributed by atoms with Crippen molar-refractivity contribution in [1.29, 1.82) is 0 Å². The lowest BCUT2D eigenvalue weighted by Gasteiger charge is -2.10. The van der Waals surface area contributed by atoms with Crippen LogP contribution in [0.1, 0.15) is 40.4 Å². The van der Waals surface area contributed by atoms with Crippen LogP contribution >= 0.6 is 0 Å². The van der Waals surface area contributed by atoms with E-state index in [4.69, 9.17) is 0 Å². The number of aldehydes is 1. The van der Waals surface area contributed by atoms with Gasteiger partial charge in [0.15, 0.2) is 6.29 Å². The molecule has 1 saturated carbocycles. The van der Waals surface area contributed by atoms with Crippen molar-refractivity contribution in [3.8, 4) is 5.69 Å². The molecule has 0 spiro atoms. The Bertz CT molecular complexity index is 651. The first kappa shape index (κ1) is 12.9. The van der Waals surface area contributed by atoms with Gasteiger partial charge in [0.2, 0.25) is 0 Å². The van der Waals surface area contributed by atoms with Gasteiger partial charge in [-0.25, -0.2) is 9.37 Å². The van der Waals surface area contributed by atoms with Crippen LogP contribution < -0.4 is 0 Å². The average molecular weight is 278 g/mol. The predicted molar refractivity (Wildman–Crippen MR) is 66.8 cm³/mol. The van der Waals surface area contributed by atoms with E-state index in [1.165, 1.54) is 6.07 Å². The van der Waals surface area contributed by atoms with Crippen LogP contribution in [-0.4, -0.2) is 15.8 Å². The molecule has 0 N–H and O–H groups in total. The van der Waals surface area contributed by atoms with Crippen LogP contribution in [0.2, 0.25) is 0 Å². The van der Waals surface area contributed by atoms with Gasteiger partial charge in [-0.2, -0.15) is 4.94 Å². The Morgan fingerprint density at radius 2 is 2.25 bits per heavy atom. The Kier molecular flexibility index (Phi) is 3.31. The van der Waals surface area contributed by atoms with Crippen molar-refractivity contribution in [1.82, 2.24) is 9.55 Å². The summed E-state index contributed by atoms with van der Waals surface area (Å²) in [4.78, 5) is 18.7. The molecular formula is C14H12F2N2O2. The van der Waals surface area contributed by atoms with E-state index >= 15 is 0 Å². The molecule has 3 rings (SSSR count). The maximum absolute atomic E-state index is 13.6. The minimum absolute atomic E-state index is 0.0794. The van der Waals surface area contributed by atoms with Crippen LogP contribution in [0.3, 0.4) is 0 Å². The second-order valence-corrected chi connectivity index (χ2v) is 4.85. The number of benzene rings is 1. The molecule has 2 aromatic rings. The molecule has 6 heteroatoms. The minimum atomic E-state index is -0.696. The Morgan fingerprint density at radius 1 is 1.45 bits per heavy atom. The number of hydrogen-bond donors (Lipinski definition) is 0. The highest BCUT2D eigenvalue weighted by molar-refractivity contribution is 5.77. The van der Waals surface area contributed by atoms with Crippen molar-refractivity contribution < 1.29 is 18.7 Å². The van der Waals surface area contributed by atoms with Crippen molar-refractivity contribution in [2.45, 2.75) is 25.4 Å². The topological polar surface area (TPSA) is 44.1 Å². The van der Waals surface area contributed by atoms with Gasteiger partial charge in [0.25, 0.3) is 0 Å². The maximum atomic E-state index is 13.6. The van der Waals surface area contributed by atoms with Crippen LogP contribution in [0.25, 0.3) is 5.69 Å². The summed E-state index contributed by atoms with van der Waals surface area (Å²) >= 11 is 0. The highest BCUT2D eigenvalue weighted by Gasteiger charge is 2.26. The quantitative estimate of drug-likeness (QED) is 0.789. The number of imidazole rings is 1. The van der Waals surface area contributed by atoms with Gasteiger partial charge in [-0.05, 0) is 29.5 Å². The third-order valence-corrected chi connectivity index (χ3v) is 3.41. The zero-order chi connectivity index (χ0) is 14.1. The van der Waals surface area contributed by atoms with E-state index in [0.717, 1.165) is 24.6 Å². The highest BCUT2D eigenvalue weighted by Crippen LogP contribution is 2.39. The highest BCUT2D eigenvalue weighted by atomic mass is 19.3. The fourth-order valence-electron chi connectivity index (χ4n) is 2.18. The van der Waals surface area contributed by atoms with Gasteiger partial charge < -0.3 is 4.57 Å². The molecule has 0 unspecified atom stereocenters. The summed E-state index contributed by atoms with van der Waals surface area (Å²) in [7, 11) is 0. The first-order valence-electron chi connectivity index (χ1n) is 6.28. The van der Waals surface area contributed by atoms with Crippen LogP contribution in [0.5, 0.6) is 0 Å². The lowest BCUT2D eigenvalue weighted by atomic mass is 10.1. The summed E-state index contributed by atoms with van der Waals surface area (Å²) in [5.41, 5.74) is 1.68. The van der Waals surface area contributed by atoms with Crippen molar-refractivity contribution in [3.63, 3.8) is 0 Å². The third-order valence-electron chi connectivity index (χ3n) is 3.41. The van der Waals surface area contributed by atoms with E-state index in [0.29, 0.717) is 23.5 Å². The third kappa shape index (κ3) is 2.34. The van der Waals surface area contributed by atoms with Crippen LogP contribution in [0, 0.1) is 5.82 Å². The predicted octanol–water partition coefficient (Wildman–Crippen LogP) is 3.10. The molecular weight excluding hydrogens is 266 g/mol. The summed E-state index contributed by atoms with van der Waals surface area (Å²) in [5.74, 6) is -0.221. The van der Waals surface area contributed by atoms with Gasteiger partial charge in [-0.3, -0.25) is 4.79 Å². The average Bonchev–Trinajstić information content (AvgIpc) is 3.18. The molecule has 1 aromatic heterocycles. The molecule has 0 amide bonds. The zero-order valence-electron chi connectivity index (χ0n) is 10.6.